The summed E-state index contributed by atoms with van der Waals surface area (Å²) in [6.45, 7) is 4.17. The van der Waals surface area contributed by atoms with Crippen LogP contribution in [0.15, 0.2) is 54.1 Å². The fraction of sp³-hybridized carbons (Fsp3) is 0.259. The maximum absolute atomic E-state index is 13.3. The molecule has 1 saturated heterocycles. The molecule has 192 valence electrons. The van der Waals surface area contributed by atoms with Gasteiger partial charge in [0.1, 0.15) is 22.1 Å². The van der Waals surface area contributed by atoms with Crippen LogP contribution in [-0.4, -0.2) is 48.6 Å². The van der Waals surface area contributed by atoms with Gasteiger partial charge in [0.05, 0.1) is 38.1 Å². The number of ketones is 1. The molecule has 9 nitrogen and oxygen atoms in total. The highest BCUT2D eigenvalue weighted by molar-refractivity contribution is 7.17. The Kier molecular flexibility index (Phi) is 7.58. The van der Waals surface area contributed by atoms with Gasteiger partial charge in [-0.05, 0) is 55.3 Å². The van der Waals surface area contributed by atoms with Crippen LogP contribution in [0.1, 0.15) is 45.9 Å². The summed E-state index contributed by atoms with van der Waals surface area (Å²) in [4.78, 5) is 44.7. The van der Waals surface area contributed by atoms with Gasteiger partial charge >= 0.3 is 11.9 Å². The first-order valence-corrected chi connectivity index (χ1v) is 12.4. The van der Waals surface area contributed by atoms with E-state index in [1.807, 2.05) is 6.92 Å². The second-order valence-corrected chi connectivity index (χ2v) is 9.20. The fourth-order valence-electron chi connectivity index (χ4n) is 3.98. The number of ether oxygens (including phenoxy) is 3. The van der Waals surface area contributed by atoms with Crippen LogP contribution in [-0.2, 0) is 14.3 Å². The molecule has 1 aliphatic rings. The Labute approximate surface area is 217 Å². The molecule has 1 atom stereocenters. The standard InChI is InChI=1S/C27H26N2O7S/c1-5-14-36-19-12-6-16(7-13-19)21-20(22(30)17-8-10-18(34-3)11-9-17)23(31)25(32)29(21)27-28-15(2)24(37-27)26(33)35-4/h6-13,21,30H,5,14H2,1-4H3/b22-20-. The van der Waals surface area contributed by atoms with E-state index in [0.717, 1.165) is 17.8 Å². The van der Waals surface area contributed by atoms with Crippen LogP contribution in [0.25, 0.3) is 5.76 Å². The molecule has 0 aliphatic carbocycles. The van der Waals surface area contributed by atoms with Gasteiger partial charge in [-0.3, -0.25) is 14.5 Å². The number of aromatic nitrogens is 1. The van der Waals surface area contributed by atoms with Gasteiger partial charge in [-0.15, -0.1) is 0 Å². The highest BCUT2D eigenvalue weighted by Crippen LogP contribution is 2.44. The van der Waals surface area contributed by atoms with Crippen molar-refractivity contribution in [3.63, 3.8) is 0 Å². The third-order valence-corrected chi connectivity index (χ3v) is 6.98. The molecule has 2 heterocycles. The van der Waals surface area contributed by atoms with Gasteiger partial charge < -0.3 is 19.3 Å². The number of carbonyl (C=O) groups is 3. The number of carbonyl (C=O) groups excluding carboxylic acids is 3. The van der Waals surface area contributed by atoms with E-state index in [4.69, 9.17) is 14.2 Å². The van der Waals surface area contributed by atoms with Crippen LogP contribution < -0.4 is 14.4 Å². The van der Waals surface area contributed by atoms with Crippen LogP contribution in [0, 0.1) is 6.92 Å². The molecule has 0 bridgehead atoms. The summed E-state index contributed by atoms with van der Waals surface area (Å²) in [6.07, 6.45) is 0.843. The highest BCUT2D eigenvalue weighted by Gasteiger charge is 2.48. The van der Waals surface area contributed by atoms with Crippen molar-refractivity contribution in [2.45, 2.75) is 26.3 Å². The molecule has 0 spiro atoms. The summed E-state index contributed by atoms with van der Waals surface area (Å²) in [7, 11) is 2.78. The molecule has 3 aromatic rings. The van der Waals surface area contributed by atoms with Crippen LogP contribution in [0.3, 0.4) is 0 Å². The Morgan fingerprint density at radius 1 is 1.05 bits per heavy atom. The van der Waals surface area contributed by atoms with E-state index in [9.17, 15) is 19.5 Å². The van der Waals surface area contributed by atoms with Gasteiger partial charge in [0.2, 0.25) is 0 Å². The van der Waals surface area contributed by atoms with E-state index in [1.165, 1.54) is 19.1 Å². The molecule has 1 aromatic heterocycles. The number of aliphatic hydroxyl groups is 1. The summed E-state index contributed by atoms with van der Waals surface area (Å²) >= 11 is 0.944. The second-order valence-electron chi connectivity index (χ2n) is 8.22. The lowest BCUT2D eigenvalue weighted by atomic mass is 9.95. The first-order valence-electron chi connectivity index (χ1n) is 11.5. The number of aliphatic hydroxyl groups excluding tert-OH is 1. The van der Waals surface area contributed by atoms with Gasteiger partial charge in [0, 0.05) is 5.56 Å². The van der Waals surface area contributed by atoms with E-state index in [0.29, 0.717) is 34.9 Å². The van der Waals surface area contributed by atoms with Crippen molar-refractivity contribution in [2.75, 3.05) is 25.7 Å². The minimum Gasteiger partial charge on any atom is -0.507 e. The number of methoxy groups -OCH3 is 2. The van der Waals surface area contributed by atoms with Gasteiger partial charge in [0.15, 0.2) is 5.13 Å². The van der Waals surface area contributed by atoms with Gasteiger partial charge in [-0.25, -0.2) is 9.78 Å². The number of aryl methyl sites for hydroxylation is 1. The fourth-order valence-corrected chi connectivity index (χ4v) is 5.00. The molecule has 2 aromatic carbocycles. The quantitative estimate of drug-likeness (QED) is 0.197. The molecule has 1 fully saturated rings. The average Bonchev–Trinajstić information content (AvgIpc) is 3.43. The minimum atomic E-state index is -0.988. The zero-order valence-electron chi connectivity index (χ0n) is 20.8. The molecule has 1 unspecified atom stereocenters. The van der Waals surface area contributed by atoms with Crippen LogP contribution in [0.4, 0.5) is 5.13 Å². The van der Waals surface area contributed by atoms with Crippen molar-refractivity contribution in [2.24, 2.45) is 0 Å². The van der Waals surface area contributed by atoms with E-state index >= 15 is 0 Å². The number of rotatable bonds is 8. The lowest BCUT2D eigenvalue weighted by molar-refractivity contribution is -0.132. The van der Waals surface area contributed by atoms with E-state index < -0.39 is 23.7 Å². The molecule has 10 heteroatoms. The maximum Gasteiger partial charge on any atom is 0.350 e. The lowest BCUT2D eigenvalue weighted by Gasteiger charge is -2.23. The third kappa shape index (κ3) is 4.92. The molecule has 0 radical (unpaired) electrons. The normalized spacial score (nSPS) is 16.6. The monoisotopic (exact) mass is 522 g/mol. The predicted molar refractivity (Wildman–Crippen MR) is 138 cm³/mol. The van der Waals surface area contributed by atoms with E-state index in [-0.39, 0.29) is 21.3 Å². The number of anilines is 1. The molecule has 1 N–H and O–H groups in total. The number of nitrogens with zero attached hydrogens (tertiary/aromatic N) is 2. The number of benzene rings is 2. The smallest absolute Gasteiger partial charge is 0.350 e. The van der Waals surface area contributed by atoms with E-state index in [1.54, 1.807) is 55.5 Å². The first kappa shape index (κ1) is 25.9. The van der Waals surface area contributed by atoms with Crippen molar-refractivity contribution in [3.8, 4) is 11.5 Å². The number of Topliss-reactive ketones (excluding diaryl/α,β-unsaturated/α-hetero) is 1. The largest absolute Gasteiger partial charge is 0.507 e. The Morgan fingerprint density at radius 3 is 2.30 bits per heavy atom. The molecule has 1 aliphatic heterocycles. The summed E-state index contributed by atoms with van der Waals surface area (Å²) in [5.41, 5.74) is 1.18. The number of hydrogen-bond donors (Lipinski definition) is 1. The van der Waals surface area contributed by atoms with Crippen molar-refractivity contribution >= 4 is 39.9 Å². The summed E-state index contributed by atoms with van der Waals surface area (Å²) in [6, 6.07) is 12.5. The van der Waals surface area contributed by atoms with Gasteiger partial charge in [-0.1, -0.05) is 30.4 Å². The number of hydrogen-bond acceptors (Lipinski definition) is 9. The number of esters is 1. The van der Waals surface area contributed by atoms with Gasteiger partial charge in [0.25, 0.3) is 5.78 Å². The Bertz CT molecular complexity index is 1360. The summed E-state index contributed by atoms with van der Waals surface area (Å²) in [5.74, 6) is -1.44. The van der Waals surface area contributed by atoms with Crippen molar-refractivity contribution in [1.82, 2.24) is 4.98 Å². The van der Waals surface area contributed by atoms with Crippen LogP contribution in [0.2, 0.25) is 0 Å². The predicted octanol–water partition coefficient (Wildman–Crippen LogP) is 4.66. The molecule has 37 heavy (non-hydrogen) atoms. The molecule has 1 amide bonds. The Balaban J connectivity index is 1.87. The molecule has 4 rings (SSSR count). The lowest BCUT2D eigenvalue weighted by Crippen LogP contribution is -2.29. The summed E-state index contributed by atoms with van der Waals surface area (Å²) < 4.78 is 15.7. The first-order chi connectivity index (χ1) is 17.8. The Hall–Kier alpha value is -4.18. The van der Waals surface area contributed by atoms with E-state index in [2.05, 4.69) is 4.98 Å². The van der Waals surface area contributed by atoms with Crippen molar-refractivity contribution in [3.05, 3.63) is 75.8 Å². The molecular formula is C27H26N2O7S. The highest BCUT2D eigenvalue weighted by atomic mass is 32.1. The number of amides is 1. The SMILES string of the molecule is CCCOc1ccc(C2/C(=C(/O)c3ccc(OC)cc3)C(=O)C(=O)N2c2nc(C)c(C(=O)OC)s2)cc1. The van der Waals surface area contributed by atoms with Gasteiger partial charge in [-0.2, -0.15) is 0 Å². The Morgan fingerprint density at radius 2 is 1.70 bits per heavy atom. The second kappa shape index (κ2) is 10.8. The van der Waals surface area contributed by atoms with Crippen molar-refractivity contribution in [1.29, 1.82) is 0 Å². The van der Waals surface area contributed by atoms with Crippen LogP contribution >= 0.6 is 11.3 Å². The topological polar surface area (TPSA) is 115 Å². The maximum atomic E-state index is 13.3. The number of thiazole rings is 1. The van der Waals surface area contributed by atoms with Crippen molar-refractivity contribution < 1.29 is 33.7 Å². The average molecular weight is 523 g/mol. The summed E-state index contributed by atoms with van der Waals surface area (Å²) in [5, 5.41) is 11.4. The third-order valence-electron chi connectivity index (χ3n) is 5.84. The zero-order valence-corrected chi connectivity index (χ0v) is 21.6. The molecular weight excluding hydrogens is 496 g/mol. The zero-order chi connectivity index (χ0) is 26.7. The minimum absolute atomic E-state index is 0.0927. The molecule has 0 saturated carbocycles. The van der Waals surface area contributed by atoms with Crippen LogP contribution in [0.5, 0.6) is 11.5 Å².